The van der Waals surface area contributed by atoms with Crippen LogP contribution in [0.3, 0.4) is 0 Å². The first-order valence-electron chi connectivity index (χ1n) is 7.89. The summed E-state index contributed by atoms with van der Waals surface area (Å²) in [4.78, 5) is 12.1. The van der Waals surface area contributed by atoms with Crippen LogP contribution < -0.4 is 14.2 Å². The summed E-state index contributed by atoms with van der Waals surface area (Å²) in [6.45, 7) is -0.193. The highest BCUT2D eigenvalue weighted by atomic mass is 16.6. The Morgan fingerprint density at radius 3 is 2.08 bits per heavy atom. The molecule has 0 aliphatic rings. The number of rotatable bonds is 6. The highest BCUT2D eigenvalue weighted by molar-refractivity contribution is 5.76. The zero-order valence-electron chi connectivity index (χ0n) is 13.8. The van der Waals surface area contributed by atoms with E-state index in [0.29, 0.717) is 17.2 Å². The van der Waals surface area contributed by atoms with Crippen molar-refractivity contribution in [3.63, 3.8) is 0 Å². The predicted molar refractivity (Wildman–Crippen MR) is 96.0 cm³/mol. The molecular formula is C21H18O4. The first kappa shape index (κ1) is 16.6. The first-order valence-corrected chi connectivity index (χ1v) is 7.89. The molecule has 0 atom stereocenters. The van der Waals surface area contributed by atoms with E-state index in [1.54, 1.807) is 18.2 Å². The number of hydrogen-bond donors (Lipinski definition) is 0. The van der Waals surface area contributed by atoms with E-state index in [2.05, 4.69) is 0 Å². The summed E-state index contributed by atoms with van der Waals surface area (Å²) >= 11 is 0. The van der Waals surface area contributed by atoms with Gasteiger partial charge in [0.05, 0.1) is 7.11 Å². The Balaban J connectivity index is 1.69. The summed E-state index contributed by atoms with van der Waals surface area (Å²) < 4.78 is 16.2. The van der Waals surface area contributed by atoms with Crippen molar-refractivity contribution >= 4 is 5.97 Å². The normalized spacial score (nSPS) is 10.1. The van der Waals surface area contributed by atoms with E-state index >= 15 is 0 Å². The van der Waals surface area contributed by atoms with Crippen LogP contribution in [0.25, 0.3) is 11.1 Å². The molecule has 0 radical (unpaired) electrons. The lowest BCUT2D eigenvalue weighted by molar-refractivity contribution is -0.136. The monoisotopic (exact) mass is 334 g/mol. The van der Waals surface area contributed by atoms with Gasteiger partial charge in [-0.3, -0.25) is 0 Å². The number of carbonyl (C=O) groups excluding carboxylic acids is 1. The van der Waals surface area contributed by atoms with Crippen LogP contribution in [0.2, 0.25) is 0 Å². The second-order valence-electron chi connectivity index (χ2n) is 5.28. The molecule has 0 saturated heterocycles. The van der Waals surface area contributed by atoms with Crippen LogP contribution in [-0.4, -0.2) is 19.7 Å². The number of carbonyl (C=O) groups is 1. The molecule has 3 aromatic rings. The topological polar surface area (TPSA) is 44.8 Å². The van der Waals surface area contributed by atoms with Crippen LogP contribution in [0, 0.1) is 0 Å². The van der Waals surface area contributed by atoms with Crippen LogP contribution in [-0.2, 0) is 4.79 Å². The fraction of sp³-hybridized carbons (Fsp3) is 0.0952. The molecule has 0 amide bonds. The van der Waals surface area contributed by atoms with Gasteiger partial charge in [0.2, 0.25) is 0 Å². The van der Waals surface area contributed by atoms with Crippen molar-refractivity contribution in [1.82, 2.24) is 0 Å². The van der Waals surface area contributed by atoms with E-state index in [9.17, 15) is 4.79 Å². The Morgan fingerprint density at radius 2 is 1.36 bits per heavy atom. The molecule has 0 saturated carbocycles. The Kier molecular flexibility index (Phi) is 5.32. The van der Waals surface area contributed by atoms with Gasteiger partial charge in [-0.1, -0.05) is 60.7 Å². The summed E-state index contributed by atoms with van der Waals surface area (Å²) in [6, 6.07) is 24.4. The van der Waals surface area contributed by atoms with E-state index in [4.69, 9.17) is 14.2 Å². The van der Waals surface area contributed by atoms with E-state index in [-0.39, 0.29) is 6.61 Å². The fourth-order valence-electron chi connectivity index (χ4n) is 2.44. The Hall–Kier alpha value is -3.27. The van der Waals surface area contributed by atoms with Crippen LogP contribution in [0.5, 0.6) is 17.2 Å². The van der Waals surface area contributed by atoms with E-state index < -0.39 is 5.97 Å². The predicted octanol–water partition coefficient (Wildman–Crippen LogP) is 4.35. The molecule has 0 aromatic heterocycles. The van der Waals surface area contributed by atoms with Crippen LogP contribution in [0.1, 0.15) is 0 Å². The number of esters is 1. The van der Waals surface area contributed by atoms with Crippen molar-refractivity contribution in [2.24, 2.45) is 0 Å². The molecule has 0 fully saturated rings. The third kappa shape index (κ3) is 4.18. The summed E-state index contributed by atoms with van der Waals surface area (Å²) in [5, 5.41) is 0. The van der Waals surface area contributed by atoms with E-state index in [1.807, 2.05) is 60.7 Å². The largest absolute Gasteiger partial charge is 0.493 e. The van der Waals surface area contributed by atoms with Crippen LogP contribution in [0.4, 0.5) is 0 Å². The smallest absolute Gasteiger partial charge is 0.349 e. The molecule has 3 aromatic carbocycles. The molecule has 4 nitrogen and oxygen atoms in total. The lowest BCUT2D eigenvalue weighted by Crippen LogP contribution is -2.18. The number of para-hydroxylation sites is 3. The number of benzene rings is 3. The summed E-state index contributed by atoms with van der Waals surface area (Å²) in [7, 11) is 1.53. The molecule has 25 heavy (non-hydrogen) atoms. The van der Waals surface area contributed by atoms with Crippen molar-refractivity contribution in [2.75, 3.05) is 13.7 Å². The number of methoxy groups -OCH3 is 1. The molecule has 4 heteroatoms. The van der Waals surface area contributed by atoms with Crippen LogP contribution >= 0.6 is 0 Å². The van der Waals surface area contributed by atoms with Crippen molar-refractivity contribution in [1.29, 1.82) is 0 Å². The van der Waals surface area contributed by atoms with Gasteiger partial charge >= 0.3 is 5.97 Å². The van der Waals surface area contributed by atoms with Gasteiger partial charge in [-0.25, -0.2) is 4.79 Å². The zero-order valence-corrected chi connectivity index (χ0v) is 13.8. The molecule has 3 rings (SSSR count). The number of hydrogen-bond acceptors (Lipinski definition) is 4. The molecule has 0 heterocycles. The van der Waals surface area contributed by atoms with Gasteiger partial charge in [0.1, 0.15) is 5.75 Å². The number of ether oxygens (including phenoxy) is 3. The minimum Gasteiger partial charge on any atom is -0.493 e. The van der Waals surface area contributed by atoms with Crippen molar-refractivity contribution in [3.05, 3.63) is 78.9 Å². The molecule has 0 aliphatic carbocycles. The zero-order chi connectivity index (χ0) is 17.5. The molecule has 0 aliphatic heterocycles. The van der Waals surface area contributed by atoms with Gasteiger partial charge in [-0.15, -0.1) is 0 Å². The lowest BCUT2D eigenvalue weighted by atomic mass is 10.1. The highest BCUT2D eigenvalue weighted by Crippen LogP contribution is 2.30. The average Bonchev–Trinajstić information content (AvgIpc) is 2.68. The molecule has 0 spiro atoms. The Labute approximate surface area is 146 Å². The second-order valence-corrected chi connectivity index (χ2v) is 5.28. The molecule has 126 valence electrons. The van der Waals surface area contributed by atoms with Gasteiger partial charge < -0.3 is 14.2 Å². The van der Waals surface area contributed by atoms with E-state index in [1.165, 1.54) is 7.11 Å². The highest BCUT2D eigenvalue weighted by Gasteiger charge is 2.12. The maximum Gasteiger partial charge on any atom is 0.349 e. The van der Waals surface area contributed by atoms with Crippen molar-refractivity contribution in [2.45, 2.75) is 0 Å². The Bertz CT molecular complexity index is 843. The van der Waals surface area contributed by atoms with Crippen molar-refractivity contribution < 1.29 is 19.0 Å². The maximum absolute atomic E-state index is 12.1. The summed E-state index contributed by atoms with van der Waals surface area (Å²) in [5.41, 5.74) is 1.95. The third-order valence-corrected chi connectivity index (χ3v) is 3.61. The first-order chi connectivity index (χ1) is 12.3. The molecule has 0 N–H and O–H groups in total. The van der Waals surface area contributed by atoms with Gasteiger partial charge in [0, 0.05) is 5.56 Å². The van der Waals surface area contributed by atoms with E-state index in [0.717, 1.165) is 11.1 Å². The minimum absolute atomic E-state index is 0.193. The molecule has 0 unspecified atom stereocenters. The standard InChI is InChI=1S/C21H18O4/c1-23-19-13-7-8-14-20(19)25-21(22)15-24-18-12-6-5-11-17(18)16-9-3-2-4-10-16/h2-14H,15H2,1H3. The molecule has 0 bridgehead atoms. The quantitative estimate of drug-likeness (QED) is 0.497. The van der Waals surface area contributed by atoms with Gasteiger partial charge in [-0.2, -0.15) is 0 Å². The summed E-state index contributed by atoms with van der Waals surface area (Å²) in [6.07, 6.45) is 0. The van der Waals surface area contributed by atoms with Gasteiger partial charge in [0.15, 0.2) is 18.1 Å². The van der Waals surface area contributed by atoms with Crippen LogP contribution in [0.15, 0.2) is 78.9 Å². The third-order valence-electron chi connectivity index (χ3n) is 3.61. The molecular weight excluding hydrogens is 316 g/mol. The van der Waals surface area contributed by atoms with Crippen molar-refractivity contribution in [3.8, 4) is 28.4 Å². The van der Waals surface area contributed by atoms with Gasteiger partial charge in [-0.05, 0) is 23.8 Å². The average molecular weight is 334 g/mol. The van der Waals surface area contributed by atoms with Gasteiger partial charge in [0.25, 0.3) is 0 Å². The maximum atomic E-state index is 12.1. The second kappa shape index (κ2) is 8.02. The SMILES string of the molecule is COc1ccccc1OC(=O)COc1ccccc1-c1ccccc1. The Morgan fingerprint density at radius 1 is 0.760 bits per heavy atom. The minimum atomic E-state index is -0.493. The summed E-state index contributed by atoms with van der Waals surface area (Å²) in [5.74, 6) is 1.01. The fourth-order valence-corrected chi connectivity index (χ4v) is 2.44. The lowest BCUT2D eigenvalue weighted by Gasteiger charge is -2.12.